The van der Waals surface area contributed by atoms with Gasteiger partial charge in [-0.25, -0.2) is 0 Å². The minimum Gasteiger partial charge on any atom is -0.355 e. The zero-order valence-corrected chi connectivity index (χ0v) is 11.1. The average molecular weight is 246 g/mol. The van der Waals surface area contributed by atoms with Crippen molar-refractivity contribution in [2.24, 2.45) is 0 Å². The summed E-state index contributed by atoms with van der Waals surface area (Å²) in [5, 5.41) is 6.23. The zero-order valence-electron chi connectivity index (χ0n) is 11.1. The highest BCUT2D eigenvalue weighted by atomic mass is 16.2. The number of hydrogen-bond donors (Lipinski definition) is 2. The molecule has 0 aliphatic heterocycles. The summed E-state index contributed by atoms with van der Waals surface area (Å²) in [6, 6.07) is 11.0. The Balaban J connectivity index is 1.75. The van der Waals surface area contributed by atoms with E-state index in [1.54, 1.807) is 0 Å². The van der Waals surface area contributed by atoms with E-state index >= 15 is 0 Å². The highest BCUT2D eigenvalue weighted by Gasteiger charge is 2.31. The molecule has 1 fully saturated rings. The van der Waals surface area contributed by atoms with Crippen LogP contribution in [0.5, 0.6) is 0 Å². The number of nitrogens with one attached hydrogen (secondary N) is 2. The van der Waals surface area contributed by atoms with Gasteiger partial charge in [0, 0.05) is 12.6 Å². The lowest BCUT2D eigenvalue weighted by atomic mass is 9.75. The Hall–Kier alpha value is -1.35. The van der Waals surface area contributed by atoms with E-state index in [9.17, 15) is 4.79 Å². The molecular weight excluding hydrogens is 224 g/mol. The first-order valence-corrected chi connectivity index (χ1v) is 6.79. The number of likely N-dealkylation sites (N-methyl/N-ethyl adjacent to an activating group) is 1. The monoisotopic (exact) mass is 246 g/mol. The van der Waals surface area contributed by atoms with Crippen molar-refractivity contribution in [2.75, 3.05) is 6.54 Å². The molecule has 1 aliphatic rings. The largest absolute Gasteiger partial charge is 0.355 e. The Labute approximate surface area is 109 Å². The van der Waals surface area contributed by atoms with Crippen LogP contribution in [0.4, 0.5) is 0 Å². The number of benzene rings is 1. The van der Waals surface area contributed by atoms with Crippen LogP contribution in [0.25, 0.3) is 0 Å². The van der Waals surface area contributed by atoms with Gasteiger partial charge < -0.3 is 10.6 Å². The van der Waals surface area contributed by atoms with Gasteiger partial charge >= 0.3 is 0 Å². The second kappa shape index (κ2) is 6.01. The molecule has 1 aliphatic carbocycles. The molecule has 1 aromatic carbocycles. The summed E-state index contributed by atoms with van der Waals surface area (Å²) in [4.78, 5) is 11.6. The number of carbonyl (C=O) groups excluding carboxylic acids is 1. The fourth-order valence-corrected chi connectivity index (χ4v) is 2.51. The fraction of sp³-hybridized carbons (Fsp3) is 0.533. The predicted octanol–water partition coefficient (Wildman–Crippen LogP) is 2.05. The molecule has 0 spiro atoms. The molecule has 3 heteroatoms. The Kier molecular flexibility index (Phi) is 4.37. The molecule has 0 aromatic heterocycles. The molecule has 1 unspecified atom stereocenters. The highest BCUT2D eigenvalue weighted by molar-refractivity contribution is 5.81. The molecule has 0 heterocycles. The predicted molar refractivity (Wildman–Crippen MR) is 73.5 cm³/mol. The first-order chi connectivity index (χ1) is 8.70. The van der Waals surface area contributed by atoms with Gasteiger partial charge in [0.25, 0.3) is 0 Å². The first kappa shape index (κ1) is 13.1. The number of amides is 1. The van der Waals surface area contributed by atoms with E-state index in [1.807, 2.05) is 13.8 Å². The molecule has 0 saturated heterocycles. The summed E-state index contributed by atoms with van der Waals surface area (Å²) >= 11 is 0. The highest BCUT2D eigenvalue weighted by Crippen LogP contribution is 2.36. The number of rotatable bonds is 5. The van der Waals surface area contributed by atoms with Crippen molar-refractivity contribution < 1.29 is 4.79 Å². The van der Waals surface area contributed by atoms with Gasteiger partial charge in [-0.05, 0) is 38.2 Å². The van der Waals surface area contributed by atoms with Gasteiger partial charge in [0.15, 0.2) is 0 Å². The van der Waals surface area contributed by atoms with Crippen molar-refractivity contribution >= 4 is 5.91 Å². The molecule has 0 bridgehead atoms. The summed E-state index contributed by atoms with van der Waals surface area (Å²) in [6.07, 6.45) is 2.27. The van der Waals surface area contributed by atoms with Crippen molar-refractivity contribution in [1.29, 1.82) is 0 Å². The van der Waals surface area contributed by atoms with Gasteiger partial charge in [-0.15, -0.1) is 0 Å². The molecule has 0 radical (unpaired) electrons. The number of carbonyl (C=O) groups is 1. The van der Waals surface area contributed by atoms with Crippen LogP contribution in [0.2, 0.25) is 0 Å². The van der Waals surface area contributed by atoms with E-state index in [0.717, 1.165) is 12.8 Å². The van der Waals surface area contributed by atoms with Gasteiger partial charge in [0.1, 0.15) is 0 Å². The standard InChI is InChI=1S/C15H22N2O/c1-3-16-15(18)11(2)17-14-9-13(10-14)12-7-5-4-6-8-12/h4-8,11,13-14,17H,3,9-10H2,1-2H3,(H,16,18). The zero-order chi connectivity index (χ0) is 13.0. The molecule has 18 heavy (non-hydrogen) atoms. The summed E-state index contributed by atoms with van der Waals surface area (Å²) < 4.78 is 0. The third-order valence-corrected chi connectivity index (χ3v) is 3.64. The van der Waals surface area contributed by atoms with Crippen molar-refractivity contribution in [1.82, 2.24) is 10.6 Å². The van der Waals surface area contributed by atoms with Crippen LogP contribution >= 0.6 is 0 Å². The minimum absolute atomic E-state index is 0.0910. The van der Waals surface area contributed by atoms with Crippen molar-refractivity contribution in [2.45, 2.75) is 44.7 Å². The molecule has 2 N–H and O–H groups in total. The van der Waals surface area contributed by atoms with Crippen LogP contribution in [0, 0.1) is 0 Å². The van der Waals surface area contributed by atoms with E-state index in [1.165, 1.54) is 5.56 Å². The van der Waals surface area contributed by atoms with E-state index < -0.39 is 0 Å². The molecule has 1 aromatic rings. The van der Waals surface area contributed by atoms with E-state index in [2.05, 4.69) is 41.0 Å². The maximum atomic E-state index is 11.6. The van der Waals surface area contributed by atoms with Crippen molar-refractivity contribution in [3.63, 3.8) is 0 Å². The Bertz CT molecular complexity index is 385. The van der Waals surface area contributed by atoms with Crippen LogP contribution < -0.4 is 10.6 Å². The van der Waals surface area contributed by atoms with Gasteiger partial charge in [0.2, 0.25) is 5.91 Å². The molecule has 1 atom stereocenters. The Morgan fingerprint density at radius 1 is 1.33 bits per heavy atom. The molecule has 3 nitrogen and oxygen atoms in total. The molecule has 98 valence electrons. The smallest absolute Gasteiger partial charge is 0.236 e. The van der Waals surface area contributed by atoms with Gasteiger partial charge in [-0.2, -0.15) is 0 Å². The SMILES string of the molecule is CCNC(=O)C(C)NC1CC(c2ccccc2)C1. The molecule has 1 amide bonds. The molecular formula is C15H22N2O. The maximum absolute atomic E-state index is 11.6. The van der Waals surface area contributed by atoms with Crippen molar-refractivity contribution in [3.8, 4) is 0 Å². The second-order valence-corrected chi connectivity index (χ2v) is 5.06. The van der Waals surface area contributed by atoms with E-state index in [-0.39, 0.29) is 11.9 Å². The second-order valence-electron chi connectivity index (χ2n) is 5.06. The first-order valence-electron chi connectivity index (χ1n) is 6.79. The maximum Gasteiger partial charge on any atom is 0.236 e. The third-order valence-electron chi connectivity index (χ3n) is 3.64. The van der Waals surface area contributed by atoms with Gasteiger partial charge in [-0.1, -0.05) is 30.3 Å². The van der Waals surface area contributed by atoms with Gasteiger partial charge in [0.05, 0.1) is 6.04 Å². The minimum atomic E-state index is -0.0910. The summed E-state index contributed by atoms with van der Waals surface area (Å²) in [5.74, 6) is 0.755. The summed E-state index contributed by atoms with van der Waals surface area (Å²) in [6.45, 7) is 4.57. The Morgan fingerprint density at radius 3 is 2.61 bits per heavy atom. The molecule has 1 saturated carbocycles. The molecule has 2 rings (SSSR count). The van der Waals surface area contributed by atoms with Crippen LogP contribution in [-0.4, -0.2) is 24.5 Å². The van der Waals surface area contributed by atoms with Crippen LogP contribution in [0.15, 0.2) is 30.3 Å². The van der Waals surface area contributed by atoms with Crippen molar-refractivity contribution in [3.05, 3.63) is 35.9 Å². The van der Waals surface area contributed by atoms with Gasteiger partial charge in [-0.3, -0.25) is 4.79 Å². The van der Waals surface area contributed by atoms with E-state index in [0.29, 0.717) is 18.5 Å². The number of hydrogen-bond acceptors (Lipinski definition) is 2. The Morgan fingerprint density at radius 2 is 2.00 bits per heavy atom. The average Bonchev–Trinajstić information content (AvgIpc) is 2.34. The normalized spacial score (nSPS) is 24.1. The fourth-order valence-electron chi connectivity index (χ4n) is 2.51. The van der Waals surface area contributed by atoms with Crippen LogP contribution in [0.1, 0.15) is 38.2 Å². The van der Waals surface area contributed by atoms with E-state index in [4.69, 9.17) is 0 Å². The lowest BCUT2D eigenvalue weighted by molar-refractivity contribution is -0.123. The van der Waals surface area contributed by atoms with Crippen LogP contribution in [-0.2, 0) is 4.79 Å². The quantitative estimate of drug-likeness (QED) is 0.835. The lowest BCUT2D eigenvalue weighted by Gasteiger charge is -2.37. The summed E-state index contributed by atoms with van der Waals surface area (Å²) in [5.41, 5.74) is 1.42. The summed E-state index contributed by atoms with van der Waals surface area (Å²) in [7, 11) is 0. The third kappa shape index (κ3) is 3.10. The van der Waals surface area contributed by atoms with Crippen LogP contribution in [0.3, 0.4) is 0 Å². The topological polar surface area (TPSA) is 41.1 Å². The lowest BCUT2D eigenvalue weighted by Crippen LogP contribution is -2.50.